The van der Waals surface area contributed by atoms with Crippen LogP contribution in [-0.2, 0) is 0 Å². The summed E-state index contributed by atoms with van der Waals surface area (Å²) in [6, 6.07) is 0.775. The Balaban J connectivity index is 2.28. The highest BCUT2D eigenvalue weighted by molar-refractivity contribution is 4.99. The van der Waals surface area contributed by atoms with Crippen molar-refractivity contribution in [2.24, 2.45) is 5.73 Å². The van der Waals surface area contributed by atoms with Crippen LogP contribution in [0.25, 0.3) is 0 Å². The molecule has 2 heteroatoms. The zero-order valence-electron chi connectivity index (χ0n) is 8.76. The van der Waals surface area contributed by atoms with Gasteiger partial charge in [0.2, 0.25) is 0 Å². The third kappa shape index (κ3) is 3.49. The summed E-state index contributed by atoms with van der Waals surface area (Å²) < 4.78 is 0. The summed E-state index contributed by atoms with van der Waals surface area (Å²) in [5.41, 5.74) is 6.67. The number of hydrogen-bond acceptors (Lipinski definition) is 2. The molecule has 0 aromatic carbocycles. The molecule has 0 spiro atoms. The molecule has 0 amide bonds. The van der Waals surface area contributed by atoms with E-state index in [4.69, 9.17) is 5.73 Å². The topological polar surface area (TPSA) is 29.3 Å². The highest BCUT2D eigenvalue weighted by Gasteiger charge is 2.17. The van der Waals surface area contributed by atoms with Gasteiger partial charge in [0.25, 0.3) is 0 Å². The van der Waals surface area contributed by atoms with Gasteiger partial charge in [0.05, 0.1) is 0 Å². The summed E-state index contributed by atoms with van der Waals surface area (Å²) in [5, 5.41) is 0. The van der Waals surface area contributed by atoms with E-state index in [0.29, 0.717) is 6.54 Å². The van der Waals surface area contributed by atoms with Crippen molar-refractivity contribution in [2.45, 2.75) is 38.1 Å². The van der Waals surface area contributed by atoms with E-state index in [0.717, 1.165) is 18.2 Å². The molecule has 13 heavy (non-hydrogen) atoms. The fourth-order valence-electron chi connectivity index (χ4n) is 2.07. The third-order valence-electron chi connectivity index (χ3n) is 2.96. The summed E-state index contributed by atoms with van der Waals surface area (Å²) in [7, 11) is 2.19. The Morgan fingerprint density at radius 1 is 1.38 bits per heavy atom. The SMILES string of the molecule is C=C(CN)CN(C)C1CCCCC1. The first kappa shape index (κ1) is 10.7. The van der Waals surface area contributed by atoms with Gasteiger partial charge in [0.15, 0.2) is 0 Å². The van der Waals surface area contributed by atoms with Gasteiger partial charge >= 0.3 is 0 Å². The van der Waals surface area contributed by atoms with Gasteiger partial charge in [-0.3, -0.25) is 4.90 Å². The number of hydrogen-bond donors (Lipinski definition) is 1. The molecular weight excluding hydrogens is 160 g/mol. The molecule has 0 aromatic rings. The monoisotopic (exact) mass is 182 g/mol. The third-order valence-corrected chi connectivity index (χ3v) is 2.96. The first-order chi connectivity index (χ1) is 6.24. The molecule has 76 valence electrons. The molecule has 0 aromatic heterocycles. The van der Waals surface area contributed by atoms with Crippen LogP contribution < -0.4 is 5.73 Å². The van der Waals surface area contributed by atoms with Crippen LogP contribution in [-0.4, -0.2) is 31.1 Å². The van der Waals surface area contributed by atoms with Crippen LogP contribution >= 0.6 is 0 Å². The van der Waals surface area contributed by atoms with Crippen molar-refractivity contribution in [3.63, 3.8) is 0 Å². The summed E-state index contributed by atoms with van der Waals surface area (Å²) in [5.74, 6) is 0. The summed E-state index contributed by atoms with van der Waals surface area (Å²) in [6.07, 6.45) is 6.92. The van der Waals surface area contributed by atoms with E-state index in [1.54, 1.807) is 0 Å². The first-order valence-corrected chi connectivity index (χ1v) is 5.31. The summed E-state index contributed by atoms with van der Waals surface area (Å²) >= 11 is 0. The van der Waals surface area contributed by atoms with E-state index >= 15 is 0 Å². The maximum absolute atomic E-state index is 5.52. The Morgan fingerprint density at radius 2 is 2.00 bits per heavy atom. The lowest BCUT2D eigenvalue weighted by Crippen LogP contribution is -2.35. The van der Waals surface area contributed by atoms with Gasteiger partial charge in [-0.15, -0.1) is 0 Å². The lowest BCUT2D eigenvalue weighted by Gasteiger charge is -2.31. The van der Waals surface area contributed by atoms with Crippen molar-refractivity contribution in [1.82, 2.24) is 4.90 Å². The number of rotatable bonds is 4. The first-order valence-electron chi connectivity index (χ1n) is 5.31. The van der Waals surface area contributed by atoms with E-state index in [1.165, 1.54) is 32.1 Å². The van der Waals surface area contributed by atoms with Crippen LogP contribution in [0.4, 0.5) is 0 Å². The van der Waals surface area contributed by atoms with Crippen molar-refractivity contribution in [3.8, 4) is 0 Å². The molecule has 0 bridgehead atoms. The number of likely N-dealkylation sites (N-methyl/N-ethyl adjacent to an activating group) is 1. The Hall–Kier alpha value is -0.340. The minimum absolute atomic E-state index is 0.622. The van der Waals surface area contributed by atoms with E-state index in [2.05, 4.69) is 18.5 Å². The highest BCUT2D eigenvalue weighted by Crippen LogP contribution is 2.21. The molecule has 0 saturated heterocycles. The zero-order chi connectivity index (χ0) is 9.68. The van der Waals surface area contributed by atoms with Crippen LogP contribution in [0.1, 0.15) is 32.1 Å². The Labute approximate surface area is 81.8 Å². The maximum Gasteiger partial charge on any atom is 0.0202 e. The highest BCUT2D eigenvalue weighted by atomic mass is 15.1. The second kappa shape index (κ2) is 5.40. The van der Waals surface area contributed by atoms with Crippen LogP contribution in [0, 0.1) is 0 Å². The molecule has 1 fully saturated rings. The van der Waals surface area contributed by atoms with E-state index < -0.39 is 0 Å². The predicted molar refractivity (Wildman–Crippen MR) is 57.7 cm³/mol. The molecule has 2 nitrogen and oxygen atoms in total. The molecule has 0 radical (unpaired) electrons. The summed E-state index contributed by atoms with van der Waals surface area (Å²) in [4.78, 5) is 2.41. The molecule has 2 N–H and O–H groups in total. The van der Waals surface area contributed by atoms with Crippen molar-refractivity contribution < 1.29 is 0 Å². The van der Waals surface area contributed by atoms with Crippen molar-refractivity contribution in [1.29, 1.82) is 0 Å². The van der Waals surface area contributed by atoms with Crippen molar-refractivity contribution >= 4 is 0 Å². The molecule has 0 unspecified atom stereocenters. The summed E-state index contributed by atoms with van der Waals surface area (Å²) in [6.45, 7) is 5.54. The standard InChI is InChI=1S/C11H22N2/c1-10(8-12)9-13(2)11-6-4-3-5-7-11/h11H,1,3-9,12H2,2H3. The number of nitrogens with two attached hydrogens (primary N) is 1. The quantitative estimate of drug-likeness (QED) is 0.671. The molecule has 0 heterocycles. The van der Waals surface area contributed by atoms with Gasteiger partial charge < -0.3 is 5.73 Å². The minimum atomic E-state index is 0.622. The maximum atomic E-state index is 5.52. The van der Waals surface area contributed by atoms with Gasteiger partial charge in [-0.1, -0.05) is 25.8 Å². The van der Waals surface area contributed by atoms with Crippen LogP contribution in [0.2, 0.25) is 0 Å². The van der Waals surface area contributed by atoms with E-state index in [-0.39, 0.29) is 0 Å². The van der Waals surface area contributed by atoms with E-state index in [9.17, 15) is 0 Å². The van der Waals surface area contributed by atoms with Gasteiger partial charge in [0, 0.05) is 19.1 Å². The molecule has 0 atom stereocenters. The van der Waals surface area contributed by atoms with Crippen LogP contribution in [0.5, 0.6) is 0 Å². The Kier molecular flexibility index (Phi) is 4.46. The van der Waals surface area contributed by atoms with Crippen LogP contribution in [0.3, 0.4) is 0 Å². The predicted octanol–water partition coefficient (Wildman–Crippen LogP) is 1.77. The number of nitrogens with zero attached hydrogens (tertiary/aromatic N) is 1. The van der Waals surface area contributed by atoms with Crippen molar-refractivity contribution in [2.75, 3.05) is 20.1 Å². The second-order valence-electron chi connectivity index (χ2n) is 4.16. The van der Waals surface area contributed by atoms with Gasteiger partial charge in [-0.25, -0.2) is 0 Å². The molecule has 1 saturated carbocycles. The van der Waals surface area contributed by atoms with E-state index in [1.807, 2.05) is 0 Å². The Bertz CT molecular complexity index is 159. The van der Waals surface area contributed by atoms with Crippen molar-refractivity contribution in [3.05, 3.63) is 12.2 Å². The lowest BCUT2D eigenvalue weighted by atomic mass is 9.94. The second-order valence-corrected chi connectivity index (χ2v) is 4.16. The molecule has 1 aliphatic rings. The smallest absolute Gasteiger partial charge is 0.0202 e. The van der Waals surface area contributed by atoms with Gasteiger partial charge in [-0.2, -0.15) is 0 Å². The average molecular weight is 182 g/mol. The largest absolute Gasteiger partial charge is 0.327 e. The minimum Gasteiger partial charge on any atom is -0.327 e. The molecular formula is C11H22N2. The fourth-order valence-corrected chi connectivity index (χ4v) is 2.07. The van der Waals surface area contributed by atoms with Gasteiger partial charge in [0.1, 0.15) is 0 Å². The lowest BCUT2D eigenvalue weighted by molar-refractivity contribution is 0.205. The fraction of sp³-hybridized carbons (Fsp3) is 0.818. The van der Waals surface area contributed by atoms with Crippen LogP contribution in [0.15, 0.2) is 12.2 Å². The normalized spacial score (nSPS) is 19.3. The molecule has 0 aliphatic heterocycles. The Morgan fingerprint density at radius 3 is 2.54 bits per heavy atom. The molecule has 1 rings (SSSR count). The molecule has 1 aliphatic carbocycles. The van der Waals surface area contributed by atoms with Gasteiger partial charge in [-0.05, 0) is 25.5 Å². The zero-order valence-corrected chi connectivity index (χ0v) is 8.76. The average Bonchev–Trinajstić information content (AvgIpc) is 2.19.